The lowest BCUT2D eigenvalue weighted by Crippen LogP contribution is -2.36. The topological polar surface area (TPSA) is 37.4 Å². The Morgan fingerprint density at radius 2 is 1.53 bits per heavy atom. The van der Waals surface area contributed by atoms with E-state index in [1.165, 1.54) is 18.4 Å². The summed E-state index contributed by atoms with van der Waals surface area (Å²) >= 11 is 6.00. The highest BCUT2D eigenvalue weighted by Gasteiger charge is 2.30. The van der Waals surface area contributed by atoms with Crippen molar-refractivity contribution < 1.29 is 8.42 Å². The molecule has 3 nitrogen and oxygen atoms in total. The van der Waals surface area contributed by atoms with E-state index in [0.29, 0.717) is 18.1 Å². The van der Waals surface area contributed by atoms with Gasteiger partial charge in [-0.25, -0.2) is 8.42 Å². The van der Waals surface area contributed by atoms with Crippen molar-refractivity contribution in [3.63, 3.8) is 0 Å². The maximum atomic E-state index is 12.5. The number of sulfonamides is 1. The van der Waals surface area contributed by atoms with Gasteiger partial charge in [0, 0.05) is 13.1 Å². The number of piperidine rings is 1. The average Bonchev–Trinajstić information content (AvgIpc) is 3.23. The van der Waals surface area contributed by atoms with Crippen LogP contribution in [0.15, 0.2) is 40.3 Å². The SMILES string of the molecule is O=S(=O)(c1ccccc1Cl)N1CCC(=C2CC2)CC1. The zero-order chi connectivity index (χ0) is 13.5. The standard InChI is InChI=1S/C14H16ClNO2S/c15-13-3-1-2-4-14(13)19(17,18)16-9-7-12(8-10-16)11-5-6-11/h1-4H,5-10H2. The quantitative estimate of drug-likeness (QED) is 0.786. The molecule has 1 aromatic carbocycles. The maximum Gasteiger partial charge on any atom is 0.244 e. The van der Waals surface area contributed by atoms with Gasteiger partial charge in [0.2, 0.25) is 10.0 Å². The Morgan fingerprint density at radius 1 is 0.947 bits per heavy atom. The zero-order valence-electron chi connectivity index (χ0n) is 10.6. The Balaban J connectivity index is 1.82. The highest BCUT2D eigenvalue weighted by molar-refractivity contribution is 7.89. The smallest absolute Gasteiger partial charge is 0.207 e. The Morgan fingerprint density at radius 3 is 2.11 bits per heavy atom. The lowest BCUT2D eigenvalue weighted by Gasteiger charge is -2.28. The molecule has 1 saturated heterocycles. The van der Waals surface area contributed by atoms with Crippen molar-refractivity contribution in [3.8, 4) is 0 Å². The Kier molecular flexibility index (Phi) is 3.41. The van der Waals surface area contributed by atoms with Gasteiger partial charge in [-0.3, -0.25) is 0 Å². The lowest BCUT2D eigenvalue weighted by atomic mass is 10.1. The first-order valence-electron chi connectivity index (χ1n) is 6.53. The number of hydrogen-bond donors (Lipinski definition) is 0. The molecule has 0 spiro atoms. The normalized spacial score (nSPS) is 20.7. The molecule has 2 aliphatic rings. The molecule has 1 heterocycles. The molecule has 0 atom stereocenters. The highest BCUT2D eigenvalue weighted by Crippen LogP contribution is 2.37. The van der Waals surface area contributed by atoms with Gasteiger partial charge in [-0.1, -0.05) is 34.9 Å². The van der Waals surface area contributed by atoms with Gasteiger partial charge in [0.15, 0.2) is 0 Å². The van der Waals surface area contributed by atoms with Gasteiger partial charge >= 0.3 is 0 Å². The number of allylic oxidation sites excluding steroid dienone is 1. The Hall–Kier alpha value is -0.840. The van der Waals surface area contributed by atoms with Crippen LogP contribution in [-0.4, -0.2) is 25.8 Å². The van der Waals surface area contributed by atoms with Gasteiger partial charge in [-0.2, -0.15) is 4.31 Å². The number of benzene rings is 1. The number of nitrogens with zero attached hydrogens (tertiary/aromatic N) is 1. The van der Waals surface area contributed by atoms with Crippen LogP contribution in [0.2, 0.25) is 5.02 Å². The highest BCUT2D eigenvalue weighted by atomic mass is 35.5. The van der Waals surface area contributed by atoms with Gasteiger partial charge < -0.3 is 0 Å². The van der Waals surface area contributed by atoms with E-state index in [1.807, 2.05) is 0 Å². The van der Waals surface area contributed by atoms with Crippen molar-refractivity contribution >= 4 is 21.6 Å². The van der Waals surface area contributed by atoms with Crippen molar-refractivity contribution in [3.05, 3.63) is 40.4 Å². The fourth-order valence-corrected chi connectivity index (χ4v) is 4.49. The molecule has 1 aliphatic carbocycles. The molecule has 0 aromatic heterocycles. The molecule has 0 amide bonds. The predicted molar refractivity (Wildman–Crippen MR) is 75.7 cm³/mol. The van der Waals surface area contributed by atoms with Gasteiger partial charge in [0.05, 0.1) is 5.02 Å². The number of hydrogen-bond acceptors (Lipinski definition) is 2. The first-order chi connectivity index (χ1) is 9.09. The molecular weight excluding hydrogens is 282 g/mol. The molecule has 0 radical (unpaired) electrons. The minimum Gasteiger partial charge on any atom is -0.207 e. The van der Waals surface area contributed by atoms with Crippen LogP contribution in [0, 0.1) is 0 Å². The van der Waals surface area contributed by atoms with E-state index in [9.17, 15) is 8.42 Å². The molecule has 3 rings (SSSR count). The van der Waals surface area contributed by atoms with Crippen LogP contribution in [0.3, 0.4) is 0 Å². The summed E-state index contributed by atoms with van der Waals surface area (Å²) in [6.07, 6.45) is 4.18. The van der Waals surface area contributed by atoms with E-state index in [-0.39, 0.29) is 4.90 Å². The first kappa shape index (κ1) is 13.2. The van der Waals surface area contributed by atoms with E-state index in [1.54, 1.807) is 34.1 Å². The van der Waals surface area contributed by atoms with E-state index in [0.717, 1.165) is 12.8 Å². The summed E-state index contributed by atoms with van der Waals surface area (Å²) in [5.41, 5.74) is 3.03. The van der Waals surface area contributed by atoms with Crippen LogP contribution < -0.4 is 0 Å². The minimum atomic E-state index is -3.44. The average molecular weight is 298 g/mol. The minimum absolute atomic E-state index is 0.221. The van der Waals surface area contributed by atoms with Crippen LogP contribution in [0.25, 0.3) is 0 Å². The van der Waals surface area contributed by atoms with Crippen LogP contribution in [0.5, 0.6) is 0 Å². The molecule has 2 fully saturated rings. The van der Waals surface area contributed by atoms with E-state index in [4.69, 9.17) is 11.6 Å². The Bertz CT molecular complexity index is 621. The molecular formula is C14H16ClNO2S. The summed E-state index contributed by atoms with van der Waals surface area (Å²) in [5, 5.41) is 0.300. The summed E-state index contributed by atoms with van der Waals surface area (Å²) in [4.78, 5) is 0.221. The second kappa shape index (κ2) is 4.93. The third-order valence-corrected chi connectivity index (χ3v) is 6.18. The predicted octanol–water partition coefficient (Wildman–Crippen LogP) is 3.21. The van der Waals surface area contributed by atoms with E-state index in [2.05, 4.69) is 0 Å². The van der Waals surface area contributed by atoms with E-state index >= 15 is 0 Å². The summed E-state index contributed by atoms with van der Waals surface area (Å²) in [6.45, 7) is 1.15. The van der Waals surface area contributed by atoms with Crippen LogP contribution in [-0.2, 0) is 10.0 Å². The lowest BCUT2D eigenvalue weighted by molar-refractivity contribution is 0.386. The second-order valence-electron chi connectivity index (χ2n) is 5.04. The summed E-state index contributed by atoms with van der Waals surface area (Å²) < 4.78 is 26.6. The molecule has 0 N–H and O–H groups in total. The fraction of sp³-hybridized carbons (Fsp3) is 0.429. The van der Waals surface area contributed by atoms with Gasteiger partial charge in [0.1, 0.15) is 4.90 Å². The molecule has 102 valence electrons. The maximum absolute atomic E-state index is 12.5. The van der Waals surface area contributed by atoms with Crippen LogP contribution in [0.4, 0.5) is 0 Å². The monoisotopic (exact) mass is 297 g/mol. The van der Waals surface area contributed by atoms with Crippen molar-refractivity contribution in [2.45, 2.75) is 30.6 Å². The molecule has 1 aliphatic heterocycles. The number of rotatable bonds is 2. The van der Waals surface area contributed by atoms with Crippen molar-refractivity contribution in [2.75, 3.05) is 13.1 Å². The van der Waals surface area contributed by atoms with Crippen molar-refractivity contribution in [1.29, 1.82) is 0 Å². The van der Waals surface area contributed by atoms with Crippen LogP contribution >= 0.6 is 11.6 Å². The van der Waals surface area contributed by atoms with Crippen molar-refractivity contribution in [1.82, 2.24) is 4.31 Å². The van der Waals surface area contributed by atoms with Gasteiger partial charge in [-0.15, -0.1) is 0 Å². The molecule has 5 heteroatoms. The Labute approximate surface area is 118 Å². The number of halogens is 1. The molecule has 0 unspecified atom stereocenters. The largest absolute Gasteiger partial charge is 0.244 e. The summed E-state index contributed by atoms with van der Waals surface area (Å²) in [6, 6.07) is 6.65. The van der Waals surface area contributed by atoms with Crippen molar-refractivity contribution in [2.24, 2.45) is 0 Å². The third kappa shape index (κ3) is 2.57. The first-order valence-corrected chi connectivity index (χ1v) is 8.35. The van der Waals surface area contributed by atoms with Crippen LogP contribution in [0.1, 0.15) is 25.7 Å². The zero-order valence-corrected chi connectivity index (χ0v) is 12.2. The van der Waals surface area contributed by atoms with Gasteiger partial charge in [-0.05, 0) is 37.8 Å². The third-order valence-electron chi connectivity index (χ3n) is 3.78. The summed E-state index contributed by atoms with van der Waals surface area (Å²) in [5.74, 6) is 0. The molecule has 0 bridgehead atoms. The molecule has 19 heavy (non-hydrogen) atoms. The fourth-order valence-electron chi connectivity index (χ4n) is 2.56. The molecule has 1 saturated carbocycles. The summed E-state index contributed by atoms with van der Waals surface area (Å²) in [7, 11) is -3.44. The van der Waals surface area contributed by atoms with Gasteiger partial charge in [0.25, 0.3) is 0 Å². The second-order valence-corrected chi connectivity index (χ2v) is 7.36. The van der Waals surface area contributed by atoms with E-state index < -0.39 is 10.0 Å². The molecule has 1 aromatic rings.